The van der Waals surface area contributed by atoms with Crippen LogP contribution in [0, 0.1) is 0 Å². The molecule has 1 fully saturated rings. The second-order valence-corrected chi connectivity index (χ2v) is 3.87. The molecule has 0 aliphatic carbocycles. The van der Waals surface area contributed by atoms with Gasteiger partial charge in [-0.15, -0.1) is 0 Å². The van der Waals surface area contributed by atoms with Gasteiger partial charge in [-0.1, -0.05) is 12.1 Å². The lowest BCUT2D eigenvalue weighted by molar-refractivity contribution is -0.143. The van der Waals surface area contributed by atoms with Gasteiger partial charge in [0, 0.05) is 13.1 Å². The summed E-state index contributed by atoms with van der Waals surface area (Å²) in [5, 5.41) is 8.76. The zero-order chi connectivity index (χ0) is 12.3. The molecule has 0 unspecified atom stereocenters. The maximum Gasteiger partial charge on any atom is 0.335 e. The minimum Gasteiger partial charge on any atom is -0.478 e. The third kappa shape index (κ3) is 2.82. The highest BCUT2D eigenvalue weighted by Gasteiger charge is 2.18. The first-order valence-electron chi connectivity index (χ1n) is 5.34. The summed E-state index contributed by atoms with van der Waals surface area (Å²) >= 11 is 0. The van der Waals surface area contributed by atoms with Crippen molar-refractivity contribution in [2.24, 2.45) is 0 Å². The van der Waals surface area contributed by atoms with Crippen molar-refractivity contribution < 1.29 is 19.4 Å². The summed E-state index contributed by atoms with van der Waals surface area (Å²) < 4.78 is 5.03. The van der Waals surface area contributed by atoms with Crippen LogP contribution in [0.25, 0.3) is 0 Å². The molecule has 90 valence electrons. The molecule has 5 heteroatoms. The Morgan fingerprint density at radius 3 is 2.65 bits per heavy atom. The first-order chi connectivity index (χ1) is 8.16. The number of amides is 1. The summed E-state index contributed by atoms with van der Waals surface area (Å²) in [5.41, 5.74) is 1.17. The van der Waals surface area contributed by atoms with E-state index in [1.807, 2.05) is 0 Å². The predicted molar refractivity (Wildman–Crippen MR) is 59.6 cm³/mol. The van der Waals surface area contributed by atoms with Crippen LogP contribution in [0.1, 0.15) is 15.9 Å². The van der Waals surface area contributed by atoms with Crippen molar-refractivity contribution in [3.63, 3.8) is 0 Å². The number of ether oxygens (including phenoxy) is 1. The Hall–Kier alpha value is -1.88. The third-order valence-corrected chi connectivity index (χ3v) is 2.66. The summed E-state index contributed by atoms with van der Waals surface area (Å²) in [5.74, 6) is -0.974. The SMILES string of the molecule is O=C(O)c1ccc(CN2CCOCC2=O)cc1. The van der Waals surface area contributed by atoms with Gasteiger partial charge in [-0.3, -0.25) is 4.79 Å². The van der Waals surface area contributed by atoms with Crippen molar-refractivity contribution in [1.29, 1.82) is 0 Å². The van der Waals surface area contributed by atoms with E-state index in [9.17, 15) is 9.59 Å². The molecule has 1 aliphatic rings. The van der Waals surface area contributed by atoms with Gasteiger partial charge in [0.2, 0.25) is 5.91 Å². The number of morpholine rings is 1. The molecule has 0 saturated carbocycles. The van der Waals surface area contributed by atoms with Crippen molar-refractivity contribution in [2.75, 3.05) is 19.8 Å². The van der Waals surface area contributed by atoms with E-state index in [4.69, 9.17) is 9.84 Å². The quantitative estimate of drug-likeness (QED) is 0.839. The molecule has 1 saturated heterocycles. The highest BCUT2D eigenvalue weighted by atomic mass is 16.5. The zero-order valence-corrected chi connectivity index (χ0v) is 9.26. The van der Waals surface area contributed by atoms with Crippen molar-refractivity contribution in [3.8, 4) is 0 Å². The Labute approximate surface area is 98.6 Å². The van der Waals surface area contributed by atoms with Gasteiger partial charge < -0.3 is 14.7 Å². The van der Waals surface area contributed by atoms with Gasteiger partial charge in [-0.2, -0.15) is 0 Å². The van der Waals surface area contributed by atoms with Gasteiger partial charge in [0.05, 0.1) is 12.2 Å². The molecule has 17 heavy (non-hydrogen) atoms. The number of carbonyl (C=O) groups is 2. The lowest BCUT2D eigenvalue weighted by Gasteiger charge is -2.26. The van der Waals surface area contributed by atoms with Crippen molar-refractivity contribution in [1.82, 2.24) is 4.90 Å². The highest BCUT2D eigenvalue weighted by Crippen LogP contribution is 2.09. The average molecular weight is 235 g/mol. The highest BCUT2D eigenvalue weighted by molar-refractivity contribution is 5.87. The molecular weight excluding hydrogens is 222 g/mol. The van der Waals surface area contributed by atoms with E-state index in [1.54, 1.807) is 29.2 Å². The molecule has 1 N–H and O–H groups in total. The fraction of sp³-hybridized carbons (Fsp3) is 0.333. The van der Waals surface area contributed by atoms with E-state index in [0.717, 1.165) is 5.56 Å². The summed E-state index contributed by atoms with van der Waals surface area (Å²) in [7, 11) is 0. The Bertz CT molecular complexity index is 427. The maximum atomic E-state index is 11.5. The minimum absolute atomic E-state index is 0.0291. The van der Waals surface area contributed by atoms with E-state index >= 15 is 0 Å². The zero-order valence-electron chi connectivity index (χ0n) is 9.26. The van der Waals surface area contributed by atoms with E-state index in [1.165, 1.54) is 0 Å². The van der Waals surface area contributed by atoms with E-state index in [2.05, 4.69) is 0 Å². The fourth-order valence-electron chi connectivity index (χ4n) is 1.69. The molecule has 2 rings (SSSR count). The third-order valence-electron chi connectivity index (χ3n) is 2.66. The number of hydrogen-bond donors (Lipinski definition) is 1. The molecule has 5 nitrogen and oxygen atoms in total. The lowest BCUT2D eigenvalue weighted by Crippen LogP contribution is -2.40. The van der Waals surface area contributed by atoms with Gasteiger partial charge in [0.25, 0.3) is 0 Å². The Morgan fingerprint density at radius 2 is 2.06 bits per heavy atom. The number of carboxylic acids is 1. The summed E-state index contributed by atoms with van der Waals surface area (Å²) in [6.07, 6.45) is 0. The van der Waals surface area contributed by atoms with Crippen LogP contribution >= 0.6 is 0 Å². The number of carboxylic acid groups (broad SMARTS) is 1. The largest absolute Gasteiger partial charge is 0.478 e. The van der Waals surface area contributed by atoms with Crippen molar-refractivity contribution >= 4 is 11.9 Å². The second kappa shape index (κ2) is 4.97. The molecule has 1 aromatic carbocycles. The predicted octanol–water partition coefficient (Wildman–Crippen LogP) is 0.744. The molecule has 1 heterocycles. The van der Waals surface area contributed by atoms with Gasteiger partial charge in [-0.05, 0) is 17.7 Å². The average Bonchev–Trinajstić information content (AvgIpc) is 2.33. The minimum atomic E-state index is -0.945. The van der Waals surface area contributed by atoms with Gasteiger partial charge in [0.15, 0.2) is 0 Å². The number of rotatable bonds is 3. The smallest absolute Gasteiger partial charge is 0.335 e. The monoisotopic (exact) mass is 235 g/mol. The van der Waals surface area contributed by atoms with Crippen LogP contribution in [-0.4, -0.2) is 41.6 Å². The molecule has 1 aromatic rings. The van der Waals surface area contributed by atoms with Crippen LogP contribution in [0.4, 0.5) is 0 Å². The lowest BCUT2D eigenvalue weighted by atomic mass is 10.1. The Balaban J connectivity index is 2.03. The topological polar surface area (TPSA) is 66.8 Å². The Morgan fingerprint density at radius 1 is 1.35 bits per heavy atom. The molecule has 0 radical (unpaired) electrons. The van der Waals surface area contributed by atoms with Crippen LogP contribution in [0.5, 0.6) is 0 Å². The van der Waals surface area contributed by atoms with Crippen LogP contribution in [0.3, 0.4) is 0 Å². The summed E-state index contributed by atoms with van der Waals surface area (Å²) in [4.78, 5) is 23.9. The number of nitrogens with zero attached hydrogens (tertiary/aromatic N) is 1. The molecule has 0 atom stereocenters. The van der Waals surface area contributed by atoms with Crippen LogP contribution in [0.15, 0.2) is 24.3 Å². The normalized spacial score (nSPS) is 16.0. The molecular formula is C12H13NO4. The standard InChI is InChI=1S/C12H13NO4/c14-11-8-17-6-5-13(11)7-9-1-3-10(4-2-9)12(15)16/h1-4H,5-8H2,(H,15,16). The second-order valence-electron chi connectivity index (χ2n) is 3.87. The van der Waals surface area contributed by atoms with Crippen LogP contribution < -0.4 is 0 Å². The van der Waals surface area contributed by atoms with Crippen molar-refractivity contribution in [3.05, 3.63) is 35.4 Å². The fourth-order valence-corrected chi connectivity index (χ4v) is 1.69. The molecule has 0 aromatic heterocycles. The molecule has 0 spiro atoms. The summed E-state index contributed by atoms with van der Waals surface area (Å²) in [6.45, 7) is 1.77. The van der Waals surface area contributed by atoms with Crippen LogP contribution in [0.2, 0.25) is 0 Å². The number of benzene rings is 1. The van der Waals surface area contributed by atoms with E-state index in [-0.39, 0.29) is 18.1 Å². The Kier molecular flexibility index (Phi) is 3.39. The van der Waals surface area contributed by atoms with Gasteiger partial charge in [-0.25, -0.2) is 4.79 Å². The first-order valence-corrected chi connectivity index (χ1v) is 5.34. The van der Waals surface area contributed by atoms with Crippen LogP contribution in [-0.2, 0) is 16.1 Å². The van der Waals surface area contributed by atoms with Gasteiger partial charge >= 0.3 is 5.97 Å². The molecule has 0 bridgehead atoms. The number of carbonyl (C=O) groups excluding carboxylic acids is 1. The van der Waals surface area contributed by atoms with E-state index in [0.29, 0.717) is 19.7 Å². The molecule has 1 amide bonds. The maximum absolute atomic E-state index is 11.5. The number of hydrogen-bond acceptors (Lipinski definition) is 3. The van der Waals surface area contributed by atoms with E-state index < -0.39 is 5.97 Å². The number of aromatic carboxylic acids is 1. The molecule has 1 aliphatic heterocycles. The van der Waals surface area contributed by atoms with Crippen molar-refractivity contribution in [2.45, 2.75) is 6.54 Å². The summed E-state index contributed by atoms with van der Waals surface area (Å²) in [6, 6.07) is 6.55. The first kappa shape index (κ1) is 11.6. The van der Waals surface area contributed by atoms with Gasteiger partial charge in [0.1, 0.15) is 6.61 Å².